The highest BCUT2D eigenvalue weighted by Gasteiger charge is 2.30. The Morgan fingerprint density at radius 3 is 2.73 bits per heavy atom. The van der Waals surface area contributed by atoms with Gasteiger partial charge >= 0.3 is 6.03 Å². The van der Waals surface area contributed by atoms with Gasteiger partial charge in [0.15, 0.2) is 0 Å². The summed E-state index contributed by atoms with van der Waals surface area (Å²) in [5.74, 6) is 0. The van der Waals surface area contributed by atoms with Crippen molar-refractivity contribution in [3.63, 3.8) is 0 Å². The lowest BCUT2D eigenvalue weighted by atomic mass is 10.1. The summed E-state index contributed by atoms with van der Waals surface area (Å²) in [6.45, 7) is 4.59. The van der Waals surface area contributed by atoms with E-state index < -0.39 is 0 Å². The van der Waals surface area contributed by atoms with Gasteiger partial charge in [0.05, 0.1) is 12.2 Å². The Bertz CT molecular complexity index is 935. The van der Waals surface area contributed by atoms with E-state index in [0.29, 0.717) is 6.54 Å². The first-order valence-electron chi connectivity index (χ1n) is 8.80. The number of para-hydroxylation sites is 1. The number of nitrogens with one attached hydrogen (secondary N) is 1. The second kappa shape index (κ2) is 6.92. The first kappa shape index (κ1) is 16.8. The van der Waals surface area contributed by atoms with Crippen LogP contribution in [0.15, 0.2) is 54.6 Å². The maximum atomic E-state index is 12.8. The van der Waals surface area contributed by atoms with Gasteiger partial charge in [0.1, 0.15) is 5.01 Å². The third-order valence-corrected chi connectivity index (χ3v) is 5.95. The molecule has 0 spiro atoms. The van der Waals surface area contributed by atoms with Crippen molar-refractivity contribution in [2.45, 2.75) is 32.9 Å². The largest absolute Gasteiger partial charge is 0.333 e. The van der Waals surface area contributed by atoms with Crippen LogP contribution in [-0.4, -0.2) is 17.1 Å². The van der Waals surface area contributed by atoms with Crippen LogP contribution >= 0.6 is 11.3 Å². The number of carbonyl (C=O) groups excluding carboxylic acids is 1. The van der Waals surface area contributed by atoms with E-state index in [1.54, 1.807) is 11.3 Å². The normalized spacial score (nSPS) is 15.8. The number of fused-ring (bicyclic) bond motifs is 1. The number of hydrogen-bond acceptors (Lipinski definition) is 3. The number of aryl methyl sites for hydroxylation is 1. The van der Waals surface area contributed by atoms with Crippen LogP contribution in [0.4, 0.5) is 10.5 Å². The molecule has 0 saturated carbocycles. The van der Waals surface area contributed by atoms with Gasteiger partial charge in [0.2, 0.25) is 0 Å². The van der Waals surface area contributed by atoms with Crippen LogP contribution in [0.1, 0.15) is 23.1 Å². The maximum absolute atomic E-state index is 12.8. The number of nitrogens with zero attached hydrogens (tertiary/aromatic N) is 2. The Kier molecular flexibility index (Phi) is 4.47. The van der Waals surface area contributed by atoms with E-state index in [1.807, 2.05) is 48.2 Å². The van der Waals surface area contributed by atoms with E-state index in [1.165, 1.54) is 5.56 Å². The van der Waals surface area contributed by atoms with Crippen LogP contribution in [-0.2, 0) is 13.0 Å². The molecule has 1 atom stereocenters. The second-order valence-electron chi connectivity index (χ2n) is 6.60. The lowest BCUT2D eigenvalue weighted by Gasteiger charge is -2.23. The average molecular weight is 363 g/mol. The van der Waals surface area contributed by atoms with Gasteiger partial charge in [-0.2, -0.15) is 0 Å². The topological polar surface area (TPSA) is 45.2 Å². The molecule has 1 aliphatic rings. The number of benzene rings is 2. The molecule has 0 saturated heterocycles. The zero-order chi connectivity index (χ0) is 18.1. The zero-order valence-corrected chi connectivity index (χ0v) is 15.7. The Hall–Kier alpha value is -2.66. The molecule has 1 unspecified atom stereocenters. The van der Waals surface area contributed by atoms with Crippen molar-refractivity contribution in [1.29, 1.82) is 0 Å². The fraction of sp³-hybridized carbons (Fsp3) is 0.238. The lowest BCUT2D eigenvalue weighted by molar-refractivity contribution is 0.244. The van der Waals surface area contributed by atoms with Gasteiger partial charge in [0.25, 0.3) is 0 Å². The number of anilines is 1. The maximum Gasteiger partial charge on any atom is 0.322 e. The molecule has 3 aromatic rings. The van der Waals surface area contributed by atoms with Crippen molar-refractivity contribution in [1.82, 2.24) is 10.3 Å². The highest BCUT2D eigenvalue weighted by atomic mass is 32.1. The Morgan fingerprint density at radius 1 is 1.19 bits per heavy atom. The molecule has 1 aliphatic heterocycles. The smallest absolute Gasteiger partial charge is 0.322 e. The van der Waals surface area contributed by atoms with Crippen LogP contribution < -0.4 is 10.2 Å². The third kappa shape index (κ3) is 3.10. The fourth-order valence-corrected chi connectivity index (χ4v) is 4.42. The number of carbonyl (C=O) groups is 1. The predicted octanol–water partition coefficient (Wildman–Crippen LogP) is 4.78. The van der Waals surface area contributed by atoms with Gasteiger partial charge in [-0.1, -0.05) is 48.5 Å². The number of urea groups is 1. The van der Waals surface area contributed by atoms with Gasteiger partial charge < -0.3 is 5.32 Å². The van der Waals surface area contributed by atoms with Crippen LogP contribution in [0.25, 0.3) is 10.6 Å². The minimum atomic E-state index is -0.0449. The summed E-state index contributed by atoms with van der Waals surface area (Å²) in [6, 6.07) is 18.4. The highest BCUT2D eigenvalue weighted by molar-refractivity contribution is 7.15. The van der Waals surface area contributed by atoms with E-state index in [2.05, 4.69) is 35.4 Å². The minimum Gasteiger partial charge on any atom is -0.333 e. The van der Waals surface area contributed by atoms with Crippen LogP contribution in [0, 0.1) is 6.92 Å². The molecule has 0 aliphatic carbocycles. The van der Waals surface area contributed by atoms with Gasteiger partial charge in [0, 0.05) is 22.2 Å². The third-order valence-electron chi connectivity index (χ3n) is 4.74. The molecule has 5 heteroatoms. The van der Waals surface area contributed by atoms with Crippen molar-refractivity contribution >= 4 is 23.1 Å². The standard InChI is InChI=1S/C21H21N3OS/c1-14-12-17-10-6-7-11-18(17)24(14)21(25)22-13-19-15(2)23-20(26-19)16-8-4-3-5-9-16/h3-11,14H,12-13H2,1-2H3,(H,22,25). The molecule has 2 amide bonds. The summed E-state index contributed by atoms with van der Waals surface area (Å²) in [5, 5.41) is 4.07. The van der Waals surface area contributed by atoms with Crippen molar-refractivity contribution in [2.75, 3.05) is 4.90 Å². The molecule has 2 aromatic carbocycles. The predicted molar refractivity (Wildman–Crippen MR) is 107 cm³/mol. The number of amides is 2. The molecule has 4 rings (SSSR count). The van der Waals surface area contributed by atoms with Crippen molar-refractivity contribution < 1.29 is 4.79 Å². The van der Waals surface area contributed by atoms with Crippen molar-refractivity contribution in [2.24, 2.45) is 0 Å². The Balaban J connectivity index is 1.48. The molecule has 0 bridgehead atoms. The SMILES string of the molecule is Cc1nc(-c2ccccc2)sc1CNC(=O)N1c2ccccc2CC1C. The summed E-state index contributed by atoms with van der Waals surface area (Å²) in [6.07, 6.45) is 0.904. The number of rotatable bonds is 3. The Labute approximate surface area is 157 Å². The molecule has 1 aromatic heterocycles. The highest BCUT2D eigenvalue weighted by Crippen LogP contribution is 2.32. The summed E-state index contributed by atoms with van der Waals surface area (Å²) >= 11 is 1.64. The molecule has 0 fully saturated rings. The van der Waals surface area contributed by atoms with Gasteiger partial charge in [-0.05, 0) is 31.9 Å². The Morgan fingerprint density at radius 2 is 1.92 bits per heavy atom. The van der Waals surface area contributed by atoms with Crippen molar-refractivity contribution in [3.8, 4) is 10.6 Å². The number of thiazole rings is 1. The van der Waals surface area contributed by atoms with Crippen molar-refractivity contribution in [3.05, 3.63) is 70.7 Å². The summed E-state index contributed by atoms with van der Waals surface area (Å²) < 4.78 is 0. The van der Waals surface area contributed by atoms with Gasteiger partial charge in [-0.15, -0.1) is 11.3 Å². The van der Waals surface area contributed by atoms with Gasteiger partial charge in [-0.3, -0.25) is 4.90 Å². The summed E-state index contributed by atoms with van der Waals surface area (Å²) in [7, 11) is 0. The van der Waals surface area contributed by atoms with Crippen LogP contribution in [0.3, 0.4) is 0 Å². The van der Waals surface area contributed by atoms with E-state index >= 15 is 0 Å². The number of hydrogen-bond donors (Lipinski definition) is 1. The molecular formula is C21H21N3OS. The monoisotopic (exact) mass is 363 g/mol. The molecular weight excluding hydrogens is 342 g/mol. The van der Waals surface area contributed by atoms with E-state index in [0.717, 1.165) is 33.3 Å². The van der Waals surface area contributed by atoms with E-state index in [9.17, 15) is 4.79 Å². The summed E-state index contributed by atoms with van der Waals surface area (Å²) in [5.41, 5.74) is 4.34. The van der Waals surface area contributed by atoms with E-state index in [4.69, 9.17) is 0 Å². The first-order chi connectivity index (χ1) is 12.6. The molecule has 0 radical (unpaired) electrons. The first-order valence-corrected chi connectivity index (χ1v) is 9.62. The lowest BCUT2D eigenvalue weighted by Crippen LogP contribution is -2.42. The second-order valence-corrected chi connectivity index (χ2v) is 7.69. The van der Waals surface area contributed by atoms with E-state index in [-0.39, 0.29) is 12.1 Å². The van der Waals surface area contributed by atoms with Gasteiger partial charge in [-0.25, -0.2) is 9.78 Å². The summed E-state index contributed by atoms with van der Waals surface area (Å²) in [4.78, 5) is 20.4. The molecule has 1 N–H and O–H groups in total. The zero-order valence-electron chi connectivity index (χ0n) is 14.9. The van der Waals surface area contributed by atoms with Crippen LogP contribution in [0.2, 0.25) is 0 Å². The average Bonchev–Trinajstić information content (AvgIpc) is 3.19. The van der Waals surface area contributed by atoms with Crippen LogP contribution in [0.5, 0.6) is 0 Å². The minimum absolute atomic E-state index is 0.0449. The fourth-order valence-electron chi connectivity index (χ4n) is 3.41. The molecule has 132 valence electrons. The quantitative estimate of drug-likeness (QED) is 0.728. The molecule has 2 heterocycles. The number of aromatic nitrogens is 1. The molecule has 4 nitrogen and oxygen atoms in total. The molecule has 26 heavy (non-hydrogen) atoms.